The summed E-state index contributed by atoms with van der Waals surface area (Å²) in [5.41, 5.74) is 2.54. The zero-order chi connectivity index (χ0) is 17.6. The highest BCUT2D eigenvalue weighted by Crippen LogP contribution is 2.21. The molecule has 0 saturated heterocycles. The molecule has 0 saturated carbocycles. The predicted octanol–water partition coefficient (Wildman–Crippen LogP) is 3.18. The maximum Gasteiger partial charge on any atom is 0.251 e. The van der Waals surface area contributed by atoms with Gasteiger partial charge in [0.2, 0.25) is 0 Å². The van der Waals surface area contributed by atoms with Gasteiger partial charge in [-0.2, -0.15) is 0 Å². The summed E-state index contributed by atoms with van der Waals surface area (Å²) in [6.45, 7) is 4.31. The van der Waals surface area contributed by atoms with Gasteiger partial charge in [-0.1, -0.05) is 44.2 Å². The zero-order valence-electron chi connectivity index (χ0n) is 14.3. The molecule has 0 radical (unpaired) electrons. The van der Waals surface area contributed by atoms with E-state index in [1.807, 2.05) is 42.5 Å². The number of hydrogen-bond donors (Lipinski definition) is 1. The first kappa shape index (κ1) is 16.8. The van der Waals surface area contributed by atoms with E-state index in [0.717, 1.165) is 17.7 Å². The number of carbonyl (C=O) groups excluding carboxylic acids is 1. The van der Waals surface area contributed by atoms with Crippen LogP contribution >= 0.6 is 0 Å². The van der Waals surface area contributed by atoms with Crippen LogP contribution in [-0.2, 0) is 0 Å². The Morgan fingerprint density at radius 2 is 1.80 bits per heavy atom. The number of carbonyl (C=O) groups is 1. The first-order valence-corrected chi connectivity index (χ1v) is 8.32. The Morgan fingerprint density at radius 1 is 1.08 bits per heavy atom. The van der Waals surface area contributed by atoms with Crippen LogP contribution in [-0.4, -0.2) is 26.1 Å². The van der Waals surface area contributed by atoms with Crippen molar-refractivity contribution in [2.24, 2.45) is 5.92 Å². The highest BCUT2D eigenvalue weighted by Gasteiger charge is 2.17. The molecule has 128 valence electrons. The van der Waals surface area contributed by atoms with Gasteiger partial charge in [-0.25, -0.2) is 4.68 Å². The summed E-state index contributed by atoms with van der Waals surface area (Å²) in [6.07, 6.45) is 2.40. The van der Waals surface area contributed by atoms with Crippen molar-refractivity contribution >= 4 is 5.91 Å². The molecule has 2 aromatic carbocycles. The summed E-state index contributed by atoms with van der Waals surface area (Å²) in [5.74, 6) is 0.394. The van der Waals surface area contributed by atoms with Gasteiger partial charge < -0.3 is 5.32 Å². The Labute approximate surface area is 146 Å². The third-order valence-corrected chi connectivity index (χ3v) is 3.96. The van der Waals surface area contributed by atoms with Crippen LogP contribution in [0.25, 0.3) is 5.69 Å². The number of aromatic nitrogens is 4. The van der Waals surface area contributed by atoms with E-state index in [2.05, 4.69) is 34.7 Å². The van der Waals surface area contributed by atoms with Gasteiger partial charge in [-0.15, -0.1) is 5.10 Å². The van der Waals surface area contributed by atoms with Gasteiger partial charge in [0.25, 0.3) is 5.91 Å². The molecular formula is C19H21N5O. The molecular weight excluding hydrogens is 314 g/mol. The van der Waals surface area contributed by atoms with E-state index in [4.69, 9.17) is 0 Å². The molecule has 6 heteroatoms. The van der Waals surface area contributed by atoms with Crippen LogP contribution in [0.1, 0.15) is 42.2 Å². The molecule has 1 amide bonds. The van der Waals surface area contributed by atoms with E-state index in [1.165, 1.54) is 6.33 Å². The van der Waals surface area contributed by atoms with E-state index in [-0.39, 0.29) is 11.9 Å². The van der Waals surface area contributed by atoms with Gasteiger partial charge in [0, 0.05) is 5.56 Å². The molecule has 0 fully saturated rings. The Kier molecular flexibility index (Phi) is 5.18. The molecule has 3 aromatic rings. The quantitative estimate of drug-likeness (QED) is 0.751. The predicted molar refractivity (Wildman–Crippen MR) is 95.3 cm³/mol. The summed E-state index contributed by atoms with van der Waals surface area (Å²) in [4.78, 5) is 12.6. The number of tetrazole rings is 1. The minimum Gasteiger partial charge on any atom is -0.345 e. The maximum atomic E-state index is 12.6. The third-order valence-electron chi connectivity index (χ3n) is 3.96. The SMILES string of the molecule is CC(C)C[C@@H](NC(=O)c1ccc(-n2cnnn2)cc1)c1ccccc1. The smallest absolute Gasteiger partial charge is 0.251 e. The summed E-state index contributed by atoms with van der Waals surface area (Å²) in [7, 11) is 0. The standard InChI is InChI=1S/C19H21N5O/c1-14(2)12-18(15-6-4-3-5-7-15)21-19(25)16-8-10-17(11-9-16)24-13-20-22-23-24/h3-11,13-14,18H,12H2,1-2H3,(H,21,25)/t18-/m1/s1. The van der Waals surface area contributed by atoms with Crippen LogP contribution in [0.4, 0.5) is 0 Å². The lowest BCUT2D eigenvalue weighted by molar-refractivity contribution is 0.0932. The molecule has 0 bridgehead atoms. The summed E-state index contributed by atoms with van der Waals surface area (Å²) >= 11 is 0. The van der Waals surface area contributed by atoms with E-state index in [9.17, 15) is 4.79 Å². The molecule has 6 nitrogen and oxygen atoms in total. The number of benzene rings is 2. The van der Waals surface area contributed by atoms with Crippen molar-refractivity contribution in [2.45, 2.75) is 26.3 Å². The fraction of sp³-hybridized carbons (Fsp3) is 0.263. The maximum absolute atomic E-state index is 12.6. The third kappa shape index (κ3) is 4.29. The van der Waals surface area contributed by atoms with Gasteiger partial charge in [0.1, 0.15) is 6.33 Å². The minimum atomic E-state index is -0.0854. The lowest BCUT2D eigenvalue weighted by atomic mass is 9.96. The second-order valence-electron chi connectivity index (χ2n) is 6.37. The Bertz CT molecular complexity index is 798. The van der Waals surface area contributed by atoms with Crippen LogP contribution in [0, 0.1) is 5.92 Å². The lowest BCUT2D eigenvalue weighted by Gasteiger charge is -2.21. The van der Waals surface area contributed by atoms with Gasteiger partial charge in [0.05, 0.1) is 11.7 Å². The first-order valence-electron chi connectivity index (χ1n) is 8.32. The number of nitrogens with zero attached hydrogens (tertiary/aromatic N) is 4. The van der Waals surface area contributed by atoms with Crippen molar-refractivity contribution in [2.75, 3.05) is 0 Å². The fourth-order valence-electron chi connectivity index (χ4n) is 2.72. The molecule has 0 aliphatic carbocycles. The minimum absolute atomic E-state index is 0.00658. The average molecular weight is 335 g/mol. The monoisotopic (exact) mass is 335 g/mol. The fourth-order valence-corrected chi connectivity index (χ4v) is 2.72. The van der Waals surface area contributed by atoms with Crippen molar-refractivity contribution in [3.63, 3.8) is 0 Å². The molecule has 1 aromatic heterocycles. The molecule has 0 unspecified atom stereocenters. The van der Waals surface area contributed by atoms with Gasteiger partial charge in [0.15, 0.2) is 0 Å². The van der Waals surface area contributed by atoms with Crippen molar-refractivity contribution in [1.29, 1.82) is 0 Å². The number of nitrogens with one attached hydrogen (secondary N) is 1. The molecule has 1 heterocycles. The largest absolute Gasteiger partial charge is 0.345 e. The first-order chi connectivity index (χ1) is 12.1. The molecule has 1 N–H and O–H groups in total. The van der Waals surface area contributed by atoms with E-state index < -0.39 is 0 Å². The van der Waals surface area contributed by atoms with Gasteiger partial charge in [-0.05, 0) is 52.6 Å². The van der Waals surface area contributed by atoms with Crippen LogP contribution in [0.15, 0.2) is 60.9 Å². The number of hydrogen-bond acceptors (Lipinski definition) is 4. The molecule has 25 heavy (non-hydrogen) atoms. The van der Waals surface area contributed by atoms with Crippen LogP contribution < -0.4 is 5.32 Å². The van der Waals surface area contributed by atoms with Crippen LogP contribution in [0.5, 0.6) is 0 Å². The summed E-state index contributed by atoms with van der Waals surface area (Å²) in [6, 6.07) is 17.3. The van der Waals surface area contributed by atoms with E-state index >= 15 is 0 Å². The number of rotatable bonds is 6. The molecule has 0 aliphatic rings. The Hall–Kier alpha value is -3.02. The number of amides is 1. The topological polar surface area (TPSA) is 72.7 Å². The lowest BCUT2D eigenvalue weighted by Crippen LogP contribution is -2.29. The Balaban J connectivity index is 1.74. The van der Waals surface area contributed by atoms with Crippen LogP contribution in [0.3, 0.4) is 0 Å². The molecule has 0 spiro atoms. The Morgan fingerprint density at radius 3 is 2.40 bits per heavy atom. The van der Waals surface area contributed by atoms with Gasteiger partial charge >= 0.3 is 0 Å². The summed E-state index contributed by atoms with van der Waals surface area (Å²) < 4.78 is 1.55. The van der Waals surface area contributed by atoms with Crippen molar-refractivity contribution in [3.05, 3.63) is 72.1 Å². The van der Waals surface area contributed by atoms with Crippen LogP contribution in [0.2, 0.25) is 0 Å². The normalized spacial score (nSPS) is 12.1. The molecule has 0 aliphatic heterocycles. The highest BCUT2D eigenvalue weighted by molar-refractivity contribution is 5.94. The average Bonchev–Trinajstić information content (AvgIpc) is 3.16. The van der Waals surface area contributed by atoms with E-state index in [1.54, 1.807) is 16.8 Å². The summed E-state index contributed by atoms with van der Waals surface area (Å²) in [5, 5.41) is 14.2. The van der Waals surface area contributed by atoms with Crippen molar-refractivity contribution in [3.8, 4) is 5.69 Å². The van der Waals surface area contributed by atoms with E-state index in [0.29, 0.717) is 11.5 Å². The second-order valence-corrected chi connectivity index (χ2v) is 6.37. The molecule has 3 rings (SSSR count). The highest BCUT2D eigenvalue weighted by atomic mass is 16.1. The second kappa shape index (κ2) is 7.70. The zero-order valence-corrected chi connectivity index (χ0v) is 14.3. The van der Waals surface area contributed by atoms with Crippen molar-refractivity contribution < 1.29 is 4.79 Å². The van der Waals surface area contributed by atoms with Crippen molar-refractivity contribution in [1.82, 2.24) is 25.5 Å². The molecule has 1 atom stereocenters. The van der Waals surface area contributed by atoms with Gasteiger partial charge in [-0.3, -0.25) is 4.79 Å².